The van der Waals surface area contributed by atoms with Crippen molar-refractivity contribution in [3.8, 4) is 0 Å². The van der Waals surface area contributed by atoms with E-state index in [9.17, 15) is 22.8 Å². The first-order chi connectivity index (χ1) is 11.5. The monoisotopic (exact) mass is 378 g/mol. The molecule has 0 bridgehead atoms. The highest BCUT2D eigenvalue weighted by molar-refractivity contribution is 6.33. The van der Waals surface area contributed by atoms with Crippen molar-refractivity contribution in [1.29, 1.82) is 0 Å². The van der Waals surface area contributed by atoms with Gasteiger partial charge >= 0.3 is 6.18 Å². The van der Waals surface area contributed by atoms with Crippen LogP contribution in [0.4, 0.5) is 18.9 Å². The molecule has 0 aliphatic rings. The minimum Gasteiger partial charge on any atom is -0.342 e. The molecule has 0 fully saturated rings. The van der Waals surface area contributed by atoms with Crippen molar-refractivity contribution in [2.24, 2.45) is 5.92 Å². The van der Waals surface area contributed by atoms with Gasteiger partial charge in [-0.3, -0.25) is 9.59 Å². The van der Waals surface area contributed by atoms with Crippen LogP contribution in [-0.2, 0) is 15.8 Å². The Hall–Kier alpha value is -1.76. The number of carbonyl (C=O) groups is 2. The van der Waals surface area contributed by atoms with Gasteiger partial charge in [0.1, 0.15) is 0 Å². The van der Waals surface area contributed by atoms with Crippen LogP contribution in [0, 0.1) is 5.92 Å². The molecule has 1 aromatic carbocycles. The fourth-order valence-corrected chi connectivity index (χ4v) is 2.25. The first kappa shape index (κ1) is 21.3. The number of halogens is 4. The molecule has 1 rings (SSSR count). The van der Waals surface area contributed by atoms with E-state index in [0.29, 0.717) is 12.5 Å². The molecule has 0 aliphatic heterocycles. The van der Waals surface area contributed by atoms with Crippen LogP contribution < -0.4 is 5.32 Å². The highest BCUT2D eigenvalue weighted by atomic mass is 35.5. The van der Waals surface area contributed by atoms with Gasteiger partial charge in [0.2, 0.25) is 11.8 Å². The highest BCUT2D eigenvalue weighted by Gasteiger charge is 2.31. The molecule has 0 saturated heterocycles. The lowest BCUT2D eigenvalue weighted by molar-refractivity contribution is -0.137. The van der Waals surface area contributed by atoms with Crippen LogP contribution in [-0.4, -0.2) is 29.8 Å². The topological polar surface area (TPSA) is 49.4 Å². The number of anilines is 1. The lowest BCUT2D eigenvalue weighted by atomic mass is 10.1. The number of rotatable bonds is 7. The maximum atomic E-state index is 12.7. The molecule has 1 aromatic rings. The molecule has 8 heteroatoms. The van der Waals surface area contributed by atoms with Crippen molar-refractivity contribution in [1.82, 2.24) is 4.90 Å². The molecule has 0 heterocycles. The highest BCUT2D eigenvalue weighted by Crippen LogP contribution is 2.33. The fraction of sp³-hybridized carbons (Fsp3) is 0.529. The molecule has 0 aromatic heterocycles. The van der Waals surface area contributed by atoms with Crippen LogP contribution in [0.3, 0.4) is 0 Å². The predicted octanol–water partition coefficient (Wildman–Crippen LogP) is 4.58. The SMILES string of the molecule is CC(=O)N(CCC(=O)Nc1cc(C(F)(F)F)ccc1Cl)CCC(C)C. The van der Waals surface area contributed by atoms with Gasteiger partial charge < -0.3 is 10.2 Å². The first-order valence-corrected chi connectivity index (χ1v) is 8.30. The number of nitrogens with zero attached hydrogens (tertiary/aromatic N) is 1. The quantitative estimate of drug-likeness (QED) is 0.754. The molecule has 2 amide bonds. The van der Waals surface area contributed by atoms with E-state index < -0.39 is 17.6 Å². The summed E-state index contributed by atoms with van der Waals surface area (Å²) in [7, 11) is 0. The Morgan fingerprint density at radius 2 is 1.88 bits per heavy atom. The number of nitrogens with one attached hydrogen (secondary N) is 1. The lowest BCUT2D eigenvalue weighted by Crippen LogP contribution is -2.33. The molecule has 0 spiro atoms. The van der Waals surface area contributed by atoms with Gasteiger partial charge in [-0.2, -0.15) is 13.2 Å². The first-order valence-electron chi connectivity index (χ1n) is 7.92. The van der Waals surface area contributed by atoms with E-state index >= 15 is 0 Å². The second-order valence-electron chi connectivity index (χ2n) is 6.18. The minimum absolute atomic E-state index is 0.0181. The average molecular weight is 379 g/mol. The van der Waals surface area contributed by atoms with Crippen molar-refractivity contribution in [2.75, 3.05) is 18.4 Å². The number of benzene rings is 1. The Balaban J connectivity index is 2.68. The van der Waals surface area contributed by atoms with Gasteiger partial charge in [-0.25, -0.2) is 0 Å². The Morgan fingerprint density at radius 3 is 2.40 bits per heavy atom. The Labute approximate surface area is 150 Å². The summed E-state index contributed by atoms with van der Waals surface area (Å²) in [5.74, 6) is -0.234. The predicted molar refractivity (Wildman–Crippen MR) is 91.4 cm³/mol. The van der Waals surface area contributed by atoms with Crippen LogP contribution in [0.5, 0.6) is 0 Å². The van der Waals surface area contributed by atoms with Crippen LogP contribution in [0.25, 0.3) is 0 Å². The molecule has 25 heavy (non-hydrogen) atoms. The smallest absolute Gasteiger partial charge is 0.342 e. The van der Waals surface area contributed by atoms with Gasteiger partial charge in [-0.15, -0.1) is 0 Å². The van der Waals surface area contributed by atoms with E-state index in [1.165, 1.54) is 6.92 Å². The summed E-state index contributed by atoms with van der Waals surface area (Å²) in [4.78, 5) is 25.1. The van der Waals surface area contributed by atoms with Crippen molar-refractivity contribution in [2.45, 2.75) is 39.8 Å². The number of hydrogen-bond donors (Lipinski definition) is 1. The zero-order valence-electron chi connectivity index (χ0n) is 14.4. The molecular formula is C17H22ClF3N2O2. The molecule has 0 atom stereocenters. The van der Waals surface area contributed by atoms with Crippen LogP contribution >= 0.6 is 11.6 Å². The molecule has 0 saturated carbocycles. The van der Waals surface area contributed by atoms with E-state index in [-0.39, 0.29) is 29.6 Å². The van der Waals surface area contributed by atoms with Crippen LogP contribution in [0.1, 0.15) is 39.2 Å². The summed E-state index contributed by atoms with van der Waals surface area (Å²) in [6.45, 7) is 6.21. The summed E-state index contributed by atoms with van der Waals surface area (Å²) < 4.78 is 38.2. The summed E-state index contributed by atoms with van der Waals surface area (Å²) in [6, 6.07) is 2.73. The molecule has 1 N–H and O–H groups in total. The number of alkyl halides is 3. The van der Waals surface area contributed by atoms with Gasteiger partial charge in [0.05, 0.1) is 16.3 Å². The molecule has 0 unspecified atom stereocenters. The van der Waals surface area contributed by atoms with E-state index in [2.05, 4.69) is 5.32 Å². The summed E-state index contributed by atoms with van der Waals surface area (Å²) in [6.07, 6.45) is -3.74. The van der Waals surface area contributed by atoms with E-state index in [1.54, 1.807) is 4.90 Å². The van der Waals surface area contributed by atoms with Crippen molar-refractivity contribution >= 4 is 29.1 Å². The van der Waals surface area contributed by atoms with Gasteiger partial charge in [-0.1, -0.05) is 25.4 Å². The van der Waals surface area contributed by atoms with E-state index in [0.717, 1.165) is 24.6 Å². The summed E-state index contributed by atoms with van der Waals surface area (Å²) in [5.41, 5.74) is -0.993. The number of hydrogen-bond acceptors (Lipinski definition) is 2. The largest absolute Gasteiger partial charge is 0.416 e. The van der Waals surface area contributed by atoms with Crippen molar-refractivity contribution < 1.29 is 22.8 Å². The fourth-order valence-electron chi connectivity index (χ4n) is 2.09. The third kappa shape index (κ3) is 7.34. The van der Waals surface area contributed by atoms with E-state index in [1.807, 2.05) is 13.8 Å². The summed E-state index contributed by atoms with van der Waals surface area (Å²) in [5, 5.41) is 2.39. The third-order valence-electron chi connectivity index (χ3n) is 3.60. The molecule has 0 aliphatic carbocycles. The van der Waals surface area contributed by atoms with Gasteiger partial charge in [0, 0.05) is 26.4 Å². The van der Waals surface area contributed by atoms with Crippen molar-refractivity contribution in [3.63, 3.8) is 0 Å². The van der Waals surface area contributed by atoms with Gasteiger partial charge in [-0.05, 0) is 30.5 Å². The Kier molecular flexibility index (Phi) is 7.73. The molecular weight excluding hydrogens is 357 g/mol. The van der Waals surface area contributed by atoms with Crippen LogP contribution in [0.15, 0.2) is 18.2 Å². The Morgan fingerprint density at radius 1 is 1.24 bits per heavy atom. The zero-order chi connectivity index (χ0) is 19.2. The van der Waals surface area contributed by atoms with E-state index in [4.69, 9.17) is 11.6 Å². The molecule has 0 radical (unpaired) electrons. The lowest BCUT2D eigenvalue weighted by Gasteiger charge is -2.22. The maximum absolute atomic E-state index is 12.7. The maximum Gasteiger partial charge on any atom is 0.416 e. The van der Waals surface area contributed by atoms with Crippen LogP contribution in [0.2, 0.25) is 5.02 Å². The number of carbonyl (C=O) groups excluding carboxylic acids is 2. The second-order valence-corrected chi connectivity index (χ2v) is 6.59. The molecule has 140 valence electrons. The number of amides is 2. The second kappa shape index (κ2) is 9.08. The molecule has 4 nitrogen and oxygen atoms in total. The Bertz CT molecular complexity index is 618. The van der Waals surface area contributed by atoms with Crippen molar-refractivity contribution in [3.05, 3.63) is 28.8 Å². The van der Waals surface area contributed by atoms with Gasteiger partial charge in [0.25, 0.3) is 0 Å². The normalized spacial score (nSPS) is 11.5. The zero-order valence-corrected chi connectivity index (χ0v) is 15.2. The minimum atomic E-state index is -4.52. The third-order valence-corrected chi connectivity index (χ3v) is 3.93. The van der Waals surface area contributed by atoms with Gasteiger partial charge in [0.15, 0.2) is 0 Å². The summed E-state index contributed by atoms with van der Waals surface area (Å²) >= 11 is 5.84. The average Bonchev–Trinajstić information content (AvgIpc) is 2.47. The standard InChI is InChI=1S/C17H22ClF3N2O2/c1-11(2)6-8-23(12(3)24)9-7-16(25)22-15-10-13(17(19,20)21)4-5-14(15)18/h4-5,10-11H,6-9H2,1-3H3,(H,22,25).